The van der Waals surface area contributed by atoms with Crippen LogP contribution in [0.15, 0.2) is 0 Å². The van der Waals surface area contributed by atoms with Crippen molar-refractivity contribution in [3.8, 4) is 0 Å². The minimum Gasteiger partial charge on any atom is -0.308 e. The molecule has 0 aromatic rings. The van der Waals surface area contributed by atoms with Gasteiger partial charge < -0.3 is 5.32 Å². The van der Waals surface area contributed by atoms with Crippen molar-refractivity contribution in [1.29, 1.82) is 0 Å². The summed E-state index contributed by atoms with van der Waals surface area (Å²) < 4.78 is 0. The van der Waals surface area contributed by atoms with E-state index in [2.05, 4.69) is 19.2 Å². The average molecular weight is 145 g/mol. The van der Waals surface area contributed by atoms with Crippen molar-refractivity contribution in [2.45, 2.75) is 13.8 Å². The molecule has 1 nitrogen and oxygen atoms in total. The van der Waals surface area contributed by atoms with Gasteiger partial charge in [-0.2, -0.15) is 0 Å². The van der Waals surface area contributed by atoms with Crippen LogP contribution in [0.2, 0.25) is 0 Å². The number of nitrogens with one attached hydrogen (secondary N) is 1. The van der Waals surface area contributed by atoms with Crippen molar-refractivity contribution in [3.05, 3.63) is 0 Å². The molecule has 1 atom stereocenters. The van der Waals surface area contributed by atoms with Gasteiger partial charge >= 0.3 is 0 Å². The Balaban J connectivity index is 2.23. The summed E-state index contributed by atoms with van der Waals surface area (Å²) in [7, 11) is 0. The van der Waals surface area contributed by atoms with Crippen LogP contribution >= 0.6 is 11.8 Å². The van der Waals surface area contributed by atoms with Gasteiger partial charge in [0.2, 0.25) is 0 Å². The van der Waals surface area contributed by atoms with Gasteiger partial charge in [-0.15, -0.1) is 11.8 Å². The van der Waals surface area contributed by atoms with Gasteiger partial charge in [0, 0.05) is 5.88 Å². The van der Waals surface area contributed by atoms with E-state index in [4.69, 9.17) is 0 Å². The Morgan fingerprint density at radius 1 is 1.56 bits per heavy atom. The van der Waals surface area contributed by atoms with Crippen molar-refractivity contribution in [3.63, 3.8) is 0 Å². The van der Waals surface area contributed by atoms with E-state index < -0.39 is 0 Å². The van der Waals surface area contributed by atoms with Crippen LogP contribution in [0.1, 0.15) is 13.8 Å². The molecule has 54 valence electrons. The molecule has 0 spiro atoms. The normalized spacial score (nSPS) is 29.0. The Kier molecular flexibility index (Phi) is 2.86. The van der Waals surface area contributed by atoms with Crippen LogP contribution in [0.5, 0.6) is 0 Å². The van der Waals surface area contributed by atoms with Gasteiger partial charge in [-0.3, -0.25) is 0 Å². The fourth-order valence-corrected chi connectivity index (χ4v) is 2.20. The van der Waals surface area contributed by atoms with Gasteiger partial charge in [-0.1, -0.05) is 13.8 Å². The number of hydrogen-bond acceptors (Lipinski definition) is 2. The van der Waals surface area contributed by atoms with Crippen molar-refractivity contribution < 1.29 is 0 Å². The zero-order valence-electron chi connectivity index (χ0n) is 6.18. The maximum absolute atomic E-state index is 3.38. The van der Waals surface area contributed by atoms with Crippen molar-refractivity contribution >= 4 is 11.8 Å². The molecule has 9 heavy (non-hydrogen) atoms. The van der Waals surface area contributed by atoms with E-state index in [-0.39, 0.29) is 0 Å². The molecule has 0 amide bonds. The molecule has 1 saturated heterocycles. The summed E-state index contributed by atoms with van der Waals surface area (Å²) in [6, 6.07) is 0. The molecule has 0 radical (unpaired) electrons. The molecular formula is C7H15NS. The Morgan fingerprint density at radius 2 is 2.33 bits per heavy atom. The summed E-state index contributed by atoms with van der Waals surface area (Å²) in [5.41, 5.74) is 0. The summed E-state index contributed by atoms with van der Waals surface area (Å²) in [5.74, 6) is 4.27. The molecular weight excluding hydrogens is 130 g/mol. The van der Waals surface area contributed by atoms with Gasteiger partial charge in [0.1, 0.15) is 0 Å². The van der Waals surface area contributed by atoms with Gasteiger partial charge in [0.15, 0.2) is 0 Å². The number of thioether (sulfide) groups is 1. The lowest BCUT2D eigenvalue weighted by atomic mass is 9.98. The third kappa shape index (κ3) is 2.18. The topological polar surface area (TPSA) is 12.0 Å². The molecule has 2 heteroatoms. The number of hydrogen-bond donors (Lipinski definition) is 1. The van der Waals surface area contributed by atoms with E-state index in [9.17, 15) is 0 Å². The Morgan fingerprint density at radius 3 is 2.67 bits per heavy atom. The zero-order valence-corrected chi connectivity index (χ0v) is 7.00. The van der Waals surface area contributed by atoms with E-state index >= 15 is 0 Å². The minimum atomic E-state index is 0.852. The highest BCUT2D eigenvalue weighted by atomic mass is 32.2. The third-order valence-corrected chi connectivity index (χ3v) is 2.96. The molecule has 1 rings (SSSR count). The highest BCUT2D eigenvalue weighted by Gasteiger charge is 2.15. The van der Waals surface area contributed by atoms with Crippen LogP contribution in [0.4, 0.5) is 0 Å². The van der Waals surface area contributed by atoms with Crippen LogP contribution in [-0.4, -0.2) is 18.2 Å². The molecule has 0 aromatic heterocycles. The molecule has 1 heterocycles. The Bertz CT molecular complexity index is 77.0. The van der Waals surface area contributed by atoms with Gasteiger partial charge in [0.25, 0.3) is 0 Å². The first-order valence-corrected chi connectivity index (χ1v) is 4.74. The van der Waals surface area contributed by atoms with Crippen molar-refractivity contribution in [2.75, 3.05) is 18.2 Å². The van der Waals surface area contributed by atoms with E-state index in [1.807, 2.05) is 11.8 Å². The van der Waals surface area contributed by atoms with Crippen LogP contribution < -0.4 is 5.32 Å². The lowest BCUT2D eigenvalue weighted by molar-refractivity contribution is 0.401. The first-order chi connectivity index (χ1) is 4.30. The average Bonchev–Trinajstić information content (AvgIpc) is 1.90. The molecule has 1 fully saturated rings. The SMILES string of the molecule is CC(C)C1CNCSC1. The molecule has 0 aromatic carbocycles. The summed E-state index contributed by atoms with van der Waals surface area (Å²) in [6.07, 6.45) is 0. The quantitative estimate of drug-likeness (QED) is 0.601. The van der Waals surface area contributed by atoms with Crippen molar-refractivity contribution in [2.24, 2.45) is 11.8 Å². The lowest BCUT2D eigenvalue weighted by Gasteiger charge is -2.25. The van der Waals surface area contributed by atoms with Crippen LogP contribution in [0.25, 0.3) is 0 Å². The minimum absolute atomic E-state index is 0.852. The fourth-order valence-electron chi connectivity index (χ4n) is 1.01. The van der Waals surface area contributed by atoms with Gasteiger partial charge in [-0.05, 0) is 24.1 Å². The lowest BCUT2D eigenvalue weighted by Crippen LogP contribution is -2.32. The summed E-state index contributed by atoms with van der Waals surface area (Å²) in [4.78, 5) is 0. The molecule has 0 aliphatic carbocycles. The second-order valence-corrected chi connectivity index (χ2v) is 4.00. The smallest absolute Gasteiger partial charge is 0.0418 e. The predicted octanol–water partition coefficient (Wildman–Crippen LogP) is 1.55. The molecule has 0 bridgehead atoms. The highest BCUT2D eigenvalue weighted by Crippen LogP contribution is 2.19. The van der Waals surface area contributed by atoms with Crippen LogP contribution in [0, 0.1) is 11.8 Å². The molecule has 1 unspecified atom stereocenters. The van der Waals surface area contributed by atoms with E-state index in [1.54, 1.807) is 0 Å². The molecule has 1 N–H and O–H groups in total. The Hall–Kier alpha value is 0.310. The second kappa shape index (κ2) is 3.47. The Labute approximate surface area is 61.6 Å². The summed E-state index contributed by atoms with van der Waals surface area (Å²) in [5, 5.41) is 3.38. The largest absolute Gasteiger partial charge is 0.308 e. The van der Waals surface area contributed by atoms with E-state index in [0.717, 1.165) is 17.7 Å². The van der Waals surface area contributed by atoms with E-state index in [0.29, 0.717) is 0 Å². The summed E-state index contributed by atoms with van der Waals surface area (Å²) in [6.45, 7) is 5.83. The zero-order chi connectivity index (χ0) is 6.69. The fraction of sp³-hybridized carbons (Fsp3) is 1.00. The highest BCUT2D eigenvalue weighted by molar-refractivity contribution is 7.99. The van der Waals surface area contributed by atoms with Crippen LogP contribution in [0.3, 0.4) is 0 Å². The maximum atomic E-state index is 3.38. The van der Waals surface area contributed by atoms with Crippen molar-refractivity contribution in [1.82, 2.24) is 5.32 Å². The molecule has 1 aliphatic heterocycles. The second-order valence-electron chi connectivity index (χ2n) is 2.97. The molecule has 0 saturated carbocycles. The third-order valence-electron chi connectivity index (χ3n) is 1.89. The first kappa shape index (κ1) is 7.42. The monoisotopic (exact) mass is 145 g/mol. The van der Waals surface area contributed by atoms with Gasteiger partial charge in [0.05, 0.1) is 0 Å². The van der Waals surface area contributed by atoms with Gasteiger partial charge in [-0.25, -0.2) is 0 Å². The molecule has 1 aliphatic rings. The summed E-state index contributed by atoms with van der Waals surface area (Å²) >= 11 is 2.02. The van der Waals surface area contributed by atoms with Crippen LogP contribution in [-0.2, 0) is 0 Å². The predicted molar refractivity (Wildman–Crippen MR) is 43.7 cm³/mol. The van der Waals surface area contributed by atoms with E-state index in [1.165, 1.54) is 12.3 Å². The first-order valence-electron chi connectivity index (χ1n) is 3.59. The number of rotatable bonds is 1. The maximum Gasteiger partial charge on any atom is 0.0418 e. The standard InChI is InChI=1S/C7H15NS/c1-6(2)7-3-8-5-9-4-7/h6-8H,3-5H2,1-2H3.